The maximum absolute atomic E-state index is 10.5. The minimum Gasteiger partial charge on any atom is -0.369 e. The third kappa shape index (κ3) is 2.88. The highest BCUT2D eigenvalue weighted by Crippen LogP contribution is 2.19. The molecule has 0 atom stereocenters. The maximum atomic E-state index is 10.5. The molecule has 4 N–H and O–H groups in total. The van der Waals surface area contributed by atoms with Crippen LogP contribution in [0.15, 0.2) is 18.3 Å². The third-order valence-corrected chi connectivity index (χ3v) is 2.19. The van der Waals surface area contributed by atoms with Gasteiger partial charge in [0.15, 0.2) is 0 Å². The van der Waals surface area contributed by atoms with Crippen LogP contribution in [0, 0.1) is 0 Å². The van der Waals surface area contributed by atoms with Crippen LogP contribution >= 0.6 is 0 Å². The number of aromatic nitrogens is 1. The first-order valence-electron chi connectivity index (χ1n) is 4.65. The second kappa shape index (κ2) is 4.28. The number of amides is 1. The van der Waals surface area contributed by atoms with E-state index in [9.17, 15) is 4.79 Å². The van der Waals surface area contributed by atoms with Gasteiger partial charge in [0.05, 0.1) is 6.54 Å². The van der Waals surface area contributed by atoms with Crippen molar-refractivity contribution in [1.82, 2.24) is 10.3 Å². The van der Waals surface area contributed by atoms with E-state index in [2.05, 4.69) is 24.1 Å². The van der Waals surface area contributed by atoms with Crippen LogP contribution in [0.1, 0.15) is 19.5 Å². The number of carbonyl (C=O) groups excluding carboxylic acids is 1. The van der Waals surface area contributed by atoms with Crippen molar-refractivity contribution in [2.24, 2.45) is 5.73 Å². The van der Waals surface area contributed by atoms with Gasteiger partial charge in [-0.2, -0.15) is 0 Å². The Morgan fingerprint density at radius 3 is 2.86 bits per heavy atom. The fourth-order valence-electron chi connectivity index (χ4n) is 1.34. The molecule has 1 aromatic heterocycles. The summed E-state index contributed by atoms with van der Waals surface area (Å²) >= 11 is 0. The molecule has 1 heterocycles. The second-order valence-corrected chi connectivity index (χ2v) is 4.04. The predicted molar refractivity (Wildman–Crippen MR) is 55.9 cm³/mol. The Morgan fingerprint density at radius 2 is 2.36 bits per heavy atom. The number of aromatic amines is 1. The summed E-state index contributed by atoms with van der Waals surface area (Å²) < 4.78 is 0. The summed E-state index contributed by atoms with van der Waals surface area (Å²) in [4.78, 5) is 13.7. The van der Waals surface area contributed by atoms with Gasteiger partial charge in [-0.15, -0.1) is 0 Å². The summed E-state index contributed by atoms with van der Waals surface area (Å²) in [5.74, 6) is -0.327. The van der Waals surface area contributed by atoms with Crippen LogP contribution < -0.4 is 11.1 Å². The number of hydrogen-bond acceptors (Lipinski definition) is 2. The number of nitrogens with two attached hydrogens (primary N) is 1. The van der Waals surface area contributed by atoms with E-state index in [0.717, 1.165) is 12.2 Å². The monoisotopic (exact) mass is 195 g/mol. The van der Waals surface area contributed by atoms with Gasteiger partial charge in [-0.1, -0.05) is 13.8 Å². The summed E-state index contributed by atoms with van der Waals surface area (Å²) in [5.41, 5.74) is 6.16. The van der Waals surface area contributed by atoms with Crippen LogP contribution in [0.2, 0.25) is 0 Å². The van der Waals surface area contributed by atoms with Crippen molar-refractivity contribution in [2.75, 3.05) is 13.1 Å². The van der Waals surface area contributed by atoms with Crippen LogP contribution in [0.5, 0.6) is 0 Å². The highest BCUT2D eigenvalue weighted by molar-refractivity contribution is 5.75. The molecule has 0 unspecified atom stereocenters. The SMILES string of the molecule is CC(C)(CNCC(N)=O)c1ccc[nH]1. The molecule has 14 heavy (non-hydrogen) atoms. The first-order valence-corrected chi connectivity index (χ1v) is 4.65. The molecule has 1 aromatic rings. The second-order valence-electron chi connectivity index (χ2n) is 4.04. The number of nitrogens with one attached hydrogen (secondary N) is 2. The van der Waals surface area contributed by atoms with E-state index in [1.165, 1.54) is 0 Å². The molecule has 0 spiro atoms. The normalized spacial score (nSPS) is 11.6. The van der Waals surface area contributed by atoms with E-state index < -0.39 is 0 Å². The van der Waals surface area contributed by atoms with Crippen molar-refractivity contribution in [3.8, 4) is 0 Å². The standard InChI is InChI=1S/C10H17N3O/c1-10(2,7-12-6-9(11)14)8-4-3-5-13-8/h3-5,12-13H,6-7H2,1-2H3,(H2,11,14). The lowest BCUT2D eigenvalue weighted by Crippen LogP contribution is -2.37. The van der Waals surface area contributed by atoms with E-state index >= 15 is 0 Å². The maximum Gasteiger partial charge on any atom is 0.231 e. The fourth-order valence-corrected chi connectivity index (χ4v) is 1.34. The zero-order chi connectivity index (χ0) is 10.6. The van der Waals surface area contributed by atoms with Crippen molar-refractivity contribution in [2.45, 2.75) is 19.3 Å². The number of primary amides is 1. The summed E-state index contributed by atoms with van der Waals surface area (Å²) in [7, 11) is 0. The molecule has 0 saturated heterocycles. The molecule has 4 nitrogen and oxygen atoms in total. The Kier molecular flexibility index (Phi) is 3.30. The van der Waals surface area contributed by atoms with Crippen LogP contribution in [0.3, 0.4) is 0 Å². The fraction of sp³-hybridized carbons (Fsp3) is 0.500. The zero-order valence-corrected chi connectivity index (χ0v) is 8.63. The molecular formula is C10H17N3O. The summed E-state index contributed by atoms with van der Waals surface area (Å²) in [6, 6.07) is 4.00. The molecule has 1 amide bonds. The van der Waals surface area contributed by atoms with Crippen molar-refractivity contribution in [3.63, 3.8) is 0 Å². The molecule has 0 aromatic carbocycles. The lowest BCUT2D eigenvalue weighted by molar-refractivity contribution is -0.117. The average Bonchev–Trinajstić information content (AvgIpc) is 2.54. The van der Waals surface area contributed by atoms with Crippen molar-refractivity contribution in [3.05, 3.63) is 24.0 Å². The molecule has 0 saturated carbocycles. The van der Waals surface area contributed by atoms with Crippen LogP contribution in [-0.4, -0.2) is 24.0 Å². The van der Waals surface area contributed by atoms with Crippen LogP contribution in [-0.2, 0) is 10.2 Å². The summed E-state index contributed by atoms with van der Waals surface area (Å²) in [6.45, 7) is 5.15. The molecule has 78 valence electrons. The molecule has 0 aliphatic heterocycles. The Balaban J connectivity index is 2.46. The Bertz CT molecular complexity index is 290. The van der Waals surface area contributed by atoms with Gasteiger partial charge >= 0.3 is 0 Å². The van der Waals surface area contributed by atoms with Crippen molar-refractivity contribution < 1.29 is 4.79 Å². The Labute approximate surface area is 83.9 Å². The quantitative estimate of drug-likeness (QED) is 0.635. The molecule has 0 bridgehead atoms. The number of hydrogen-bond donors (Lipinski definition) is 3. The van der Waals surface area contributed by atoms with E-state index in [1.54, 1.807) is 0 Å². The van der Waals surface area contributed by atoms with Gasteiger partial charge in [0.2, 0.25) is 5.91 Å². The molecule has 0 aliphatic carbocycles. The van der Waals surface area contributed by atoms with Crippen LogP contribution in [0.4, 0.5) is 0 Å². The summed E-state index contributed by atoms with van der Waals surface area (Å²) in [5, 5.41) is 3.02. The molecule has 0 fully saturated rings. The molecule has 0 radical (unpaired) electrons. The van der Waals surface area contributed by atoms with Gasteiger partial charge in [0.1, 0.15) is 0 Å². The van der Waals surface area contributed by atoms with E-state index in [0.29, 0.717) is 0 Å². The van der Waals surface area contributed by atoms with Gasteiger partial charge in [-0.25, -0.2) is 0 Å². The number of carbonyl (C=O) groups is 1. The largest absolute Gasteiger partial charge is 0.369 e. The lowest BCUT2D eigenvalue weighted by Gasteiger charge is -2.23. The minimum atomic E-state index is -0.327. The molecule has 0 aliphatic rings. The smallest absolute Gasteiger partial charge is 0.231 e. The minimum absolute atomic E-state index is 0.0149. The van der Waals surface area contributed by atoms with Gasteiger partial charge in [-0.05, 0) is 12.1 Å². The average molecular weight is 195 g/mol. The van der Waals surface area contributed by atoms with Gasteiger partial charge in [0, 0.05) is 23.9 Å². The van der Waals surface area contributed by atoms with Gasteiger partial charge < -0.3 is 16.0 Å². The molecular weight excluding hydrogens is 178 g/mol. The van der Waals surface area contributed by atoms with E-state index in [1.807, 2.05) is 18.3 Å². The zero-order valence-electron chi connectivity index (χ0n) is 8.63. The Hall–Kier alpha value is -1.29. The topological polar surface area (TPSA) is 70.9 Å². The van der Waals surface area contributed by atoms with Crippen molar-refractivity contribution in [1.29, 1.82) is 0 Å². The van der Waals surface area contributed by atoms with E-state index in [4.69, 9.17) is 5.73 Å². The molecule has 4 heteroatoms. The van der Waals surface area contributed by atoms with Crippen LogP contribution in [0.25, 0.3) is 0 Å². The van der Waals surface area contributed by atoms with E-state index in [-0.39, 0.29) is 17.9 Å². The number of rotatable bonds is 5. The van der Waals surface area contributed by atoms with Gasteiger partial charge in [-0.3, -0.25) is 4.79 Å². The molecule has 1 rings (SSSR count). The third-order valence-electron chi connectivity index (χ3n) is 2.19. The first-order chi connectivity index (χ1) is 6.52. The first kappa shape index (κ1) is 10.8. The highest BCUT2D eigenvalue weighted by atomic mass is 16.1. The number of H-pyrrole nitrogens is 1. The summed E-state index contributed by atoms with van der Waals surface area (Å²) in [6.07, 6.45) is 1.89. The Morgan fingerprint density at radius 1 is 1.64 bits per heavy atom. The van der Waals surface area contributed by atoms with Gasteiger partial charge in [0.25, 0.3) is 0 Å². The lowest BCUT2D eigenvalue weighted by atomic mass is 9.89. The predicted octanol–water partition coefficient (Wildman–Crippen LogP) is 0.367. The van der Waals surface area contributed by atoms with Crippen molar-refractivity contribution >= 4 is 5.91 Å². The highest BCUT2D eigenvalue weighted by Gasteiger charge is 2.20.